The first-order chi connectivity index (χ1) is 10.5. The van der Waals surface area contributed by atoms with Crippen LogP contribution >= 0.6 is 27.3 Å². The molecule has 1 aromatic carbocycles. The van der Waals surface area contributed by atoms with E-state index in [4.69, 9.17) is 0 Å². The Hall–Kier alpha value is -1.73. The molecule has 0 bridgehead atoms. The molecule has 0 radical (unpaired) electrons. The molecule has 1 aliphatic rings. The molecule has 2 N–H and O–H groups in total. The molecule has 3 rings (SSSR count). The molecule has 7 heteroatoms. The number of nitrogens with zero attached hydrogens (tertiary/aromatic N) is 1. The number of carbonyl (C=O) groups is 2. The molecule has 1 fully saturated rings. The number of aryl methyl sites for hydroxylation is 1. The largest absolute Gasteiger partial charge is 0.349 e. The first-order valence-corrected chi connectivity index (χ1v) is 8.48. The molecule has 2 aromatic rings. The number of hydrogen-bond donors (Lipinski definition) is 2. The van der Waals surface area contributed by atoms with Crippen molar-refractivity contribution in [2.75, 3.05) is 5.32 Å². The summed E-state index contributed by atoms with van der Waals surface area (Å²) in [7, 11) is 0. The molecular weight excluding hydrogens is 366 g/mol. The molecule has 1 saturated carbocycles. The second kappa shape index (κ2) is 6.18. The van der Waals surface area contributed by atoms with Crippen LogP contribution < -0.4 is 10.6 Å². The minimum atomic E-state index is -0.231. The van der Waals surface area contributed by atoms with Crippen LogP contribution in [0, 0.1) is 6.92 Å². The van der Waals surface area contributed by atoms with E-state index in [0.717, 1.165) is 18.4 Å². The summed E-state index contributed by atoms with van der Waals surface area (Å²) in [5.74, 6) is -0.329. The average Bonchev–Trinajstić information content (AvgIpc) is 3.19. The number of amides is 2. The number of anilines is 1. The highest BCUT2D eigenvalue weighted by Crippen LogP contribution is 2.23. The van der Waals surface area contributed by atoms with E-state index in [1.807, 2.05) is 13.0 Å². The third-order valence-electron chi connectivity index (χ3n) is 3.36. The summed E-state index contributed by atoms with van der Waals surface area (Å²) < 4.78 is 0.659. The highest BCUT2D eigenvalue weighted by atomic mass is 79.9. The lowest BCUT2D eigenvalue weighted by Gasteiger charge is -2.10. The van der Waals surface area contributed by atoms with Gasteiger partial charge in [0, 0.05) is 17.3 Å². The maximum absolute atomic E-state index is 12.2. The van der Waals surface area contributed by atoms with Crippen LogP contribution in [0.1, 0.15) is 38.4 Å². The second-order valence-electron chi connectivity index (χ2n) is 5.21. The molecule has 1 aromatic heterocycles. The van der Waals surface area contributed by atoms with E-state index in [1.54, 1.807) is 12.1 Å². The van der Waals surface area contributed by atoms with Gasteiger partial charge in [0.25, 0.3) is 11.8 Å². The first kappa shape index (κ1) is 15.2. The Morgan fingerprint density at radius 1 is 1.32 bits per heavy atom. The molecule has 0 aliphatic heterocycles. The Bertz CT molecular complexity index is 740. The van der Waals surface area contributed by atoms with Crippen molar-refractivity contribution in [3.05, 3.63) is 44.3 Å². The quantitative estimate of drug-likeness (QED) is 0.855. The molecule has 5 nitrogen and oxygen atoms in total. The van der Waals surface area contributed by atoms with Gasteiger partial charge in [-0.1, -0.05) is 6.07 Å². The van der Waals surface area contributed by atoms with Gasteiger partial charge in [-0.2, -0.15) is 0 Å². The summed E-state index contributed by atoms with van der Waals surface area (Å²) in [4.78, 5) is 28.8. The van der Waals surface area contributed by atoms with Crippen LogP contribution in [-0.2, 0) is 0 Å². The van der Waals surface area contributed by atoms with Crippen molar-refractivity contribution in [1.82, 2.24) is 10.3 Å². The standard InChI is InChI=1S/C15H14BrN3O2S/c1-8-2-3-9(13(20)18-10-4-5-10)6-11(8)19-14(21)12-7-17-15(16)22-12/h2-3,6-7,10H,4-5H2,1H3,(H,18,20)(H,19,21). The maximum Gasteiger partial charge on any atom is 0.267 e. The van der Waals surface area contributed by atoms with Crippen LogP contribution in [0.3, 0.4) is 0 Å². The Labute approximate surface area is 140 Å². The zero-order chi connectivity index (χ0) is 15.7. The van der Waals surface area contributed by atoms with Gasteiger partial charge in [-0.25, -0.2) is 4.98 Å². The van der Waals surface area contributed by atoms with Crippen LogP contribution in [0.4, 0.5) is 5.69 Å². The number of thiazole rings is 1. The van der Waals surface area contributed by atoms with Crippen LogP contribution in [0.15, 0.2) is 28.3 Å². The van der Waals surface area contributed by atoms with Crippen molar-refractivity contribution in [3.8, 4) is 0 Å². The van der Waals surface area contributed by atoms with Gasteiger partial charge >= 0.3 is 0 Å². The van der Waals surface area contributed by atoms with E-state index in [9.17, 15) is 9.59 Å². The smallest absolute Gasteiger partial charge is 0.267 e. The van der Waals surface area contributed by atoms with Crippen LogP contribution in [0.25, 0.3) is 0 Å². The summed E-state index contributed by atoms with van der Waals surface area (Å²) in [6.07, 6.45) is 3.60. The Balaban J connectivity index is 1.77. The first-order valence-electron chi connectivity index (χ1n) is 6.87. The summed E-state index contributed by atoms with van der Waals surface area (Å²) >= 11 is 4.50. The van der Waals surface area contributed by atoms with Crippen LogP contribution in [0.2, 0.25) is 0 Å². The molecule has 0 saturated heterocycles. The number of halogens is 1. The summed E-state index contributed by atoms with van der Waals surface area (Å²) in [6, 6.07) is 5.62. The van der Waals surface area contributed by atoms with Crippen molar-refractivity contribution < 1.29 is 9.59 Å². The van der Waals surface area contributed by atoms with Crippen molar-refractivity contribution in [2.24, 2.45) is 0 Å². The SMILES string of the molecule is Cc1ccc(C(=O)NC2CC2)cc1NC(=O)c1cnc(Br)s1. The normalized spacial score (nSPS) is 13.7. The van der Waals surface area contributed by atoms with Crippen molar-refractivity contribution >= 4 is 44.8 Å². The average molecular weight is 380 g/mol. The number of rotatable bonds is 4. The van der Waals surface area contributed by atoms with E-state index in [0.29, 0.717) is 26.1 Å². The number of nitrogens with one attached hydrogen (secondary N) is 2. The minimum absolute atomic E-state index is 0.0986. The third-order valence-corrected chi connectivity index (χ3v) is 4.84. The van der Waals surface area contributed by atoms with E-state index >= 15 is 0 Å². The van der Waals surface area contributed by atoms with Crippen LogP contribution in [-0.4, -0.2) is 22.8 Å². The predicted octanol–water partition coefficient (Wildman–Crippen LogP) is 3.36. The monoisotopic (exact) mass is 379 g/mol. The molecular formula is C15H14BrN3O2S. The highest BCUT2D eigenvalue weighted by molar-refractivity contribution is 9.11. The number of aromatic nitrogens is 1. The summed E-state index contributed by atoms with van der Waals surface area (Å²) in [5.41, 5.74) is 2.09. The zero-order valence-electron chi connectivity index (χ0n) is 11.9. The van der Waals surface area contributed by atoms with Gasteiger partial charge in [0.1, 0.15) is 4.88 Å². The van der Waals surface area contributed by atoms with E-state index < -0.39 is 0 Å². The van der Waals surface area contributed by atoms with Gasteiger partial charge in [-0.3, -0.25) is 9.59 Å². The van der Waals surface area contributed by atoms with Crippen molar-refractivity contribution in [3.63, 3.8) is 0 Å². The molecule has 0 spiro atoms. The second-order valence-corrected chi connectivity index (χ2v) is 7.52. The summed E-state index contributed by atoms with van der Waals surface area (Å²) in [6.45, 7) is 1.89. The zero-order valence-corrected chi connectivity index (χ0v) is 14.3. The van der Waals surface area contributed by atoms with Gasteiger partial charge in [-0.15, -0.1) is 11.3 Å². The van der Waals surface area contributed by atoms with Gasteiger partial charge in [0.05, 0.1) is 6.20 Å². The minimum Gasteiger partial charge on any atom is -0.349 e. The molecule has 0 unspecified atom stereocenters. The summed E-state index contributed by atoms with van der Waals surface area (Å²) in [5, 5.41) is 5.77. The Morgan fingerprint density at radius 3 is 2.73 bits per heavy atom. The molecule has 2 amide bonds. The topological polar surface area (TPSA) is 71.1 Å². The van der Waals surface area contributed by atoms with Gasteiger partial charge in [0.2, 0.25) is 0 Å². The van der Waals surface area contributed by atoms with Crippen LogP contribution in [0.5, 0.6) is 0 Å². The molecule has 22 heavy (non-hydrogen) atoms. The fourth-order valence-corrected chi connectivity index (χ4v) is 3.10. The van der Waals surface area contributed by atoms with Crippen molar-refractivity contribution in [2.45, 2.75) is 25.8 Å². The number of hydrogen-bond acceptors (Lipinski definition) is 4. The molecule has 0 atom stereocenters. The third kappa shape index (κ3) is 3.53. The van der Waals surface area contributed by atoms with Gasteiger partial charge in [0.15, 0.2) is 3.92 Å². The molecule has 114 valence electrons. The van der Waals surface area contributed by atoms with Crippen molar-refractivity contribution in [1.29, 1.82) is 0 Å². The fourth-order valence-electron chi connectivity index (χ4n) is 1.94. The van der Waals surface area contributed by atoms with E-state index in [-0.39, 0.29) is 11.8 Å². The van der Waals surface area contributed by atoms with E-state index in [2.05, 4.69) is 31.5 Å². The lowest BCUT2D eigenvalue weighted by molar-refractivity contribution is 0.0949. The maximum atomic E-state index is 12.2. The highest BCUT2D eigenvalue weighted by Gasteiger charge is 2.24. The lowest BCUT2D eigenvalue weighted by Crippen LogP contribution is -2.25. The van der Waals surface area contributed by atoms with Gasteiger partial charge < -0.3 is 10.6 Å². The fraction of sp³-hybridized carbons (Fsp3) is 0.267. The van der Waals surface area contributed by atoms with Gasteiger partial charge in [-0.05, 0) is 53.4 Å². The lowest BCUT2D eigenvalue weighted by atomic mass is 10.1. The molecule has 1 heterocycles. The Morgan fingerprint density at radius 2 is 2.09 bits per heavy atom. The number of benzene rings is 1. The Kier molecular flexibility index (Phi) is 4.26. The molecule has 1 aliphatic carbocycles. The van der Waals surface area contributed by atoms with E-state index in [1.165, 1.54) is 17.5 Å². The predicted molar refractivity (Wildman–Crippen MR) is 89.4 cm³/mol. The number of carbonyl (C=O) groups excluding carboxylic acids is 2.